The van der Waals surface area contributed by atoms with Crippen LogP contribution in [0.5, 0.6) is 0 Å². The monoisotopic (exact) mass is 572 g/mol. The molecular weight excluding hydrogens is 532 g/mol. The standard InChI is InChI=1S/C30H36N2O2.C4H4O4/c33-28(14-13-21-15-17-31(18-16-21)20-22-7-2-1-3-8-22)26-19-23-9-6-11-25-24-10-4-5-12-27(24)32(29(23)25)30(26)34;5-3(6)1-2-4(7)8/h1-3,7-8,19,21,26H,4-6,9-18,20H2;1-2H,(H,5,6)(H,7,8)/b;2-1+. The summed E-state index contributed by atoms with van der Waals surface area (Å²) in [5.74, 6) is -2.31. The minimum absolute atomic E-state index is 0.0349. The molecule has 2 aliphatic carbocycles. The molecule has 222 valence electrons. The third-order valence-electron chi connectivity index (χ3n) is 9.08. The summed E-state index contributed by atoms with van der Waals surface area (Å²) in [7, 11) is 0. The van der Waals surface area contributed by atoms with Crippen LogP contribution in [0.4, 0.5) is 0 Å². The van der Waals surface area contributed by atoms with Gasteiger partial charge in [-0.05, 0) is 105 Å². The molecule has 1 saturated heterocycles. The lowest BCUT2D eigenvalue weighted by molar-refractivity contribution is -0.134. The smallest absolute Gasteiger partial charge is 0.328 e. The van der Waals surface area contributed by atoms with Crippen LogP contribution in [0.2, 0.25) is 0 Å². The average molecular weight is 573 g/mol. The van der Waals surface area contributed by atoms with E-state index in [2.05, 4.69) is 41.3 Å². The number of benzene rings is 1. The molecule has 6 rings (SSSR count). The molecule has 4 aliphatic rings. The number of hydrogen-bond acceptors (Lipinski definition) is 5. The maximum Gasteiger partial charge on any atom is 0.328 e. The molecule has 1 aromatic heterocycles. The fourth-order valence-electron chi connectivity index (χ4n) is 7.02. The predicted molar refractivity (Wildman–Crippen MR) is 159 cm³/mol. The highest BCUT2D eigenvalue weighted by atomic mass is 16.4. The number of carboxylic acid groups (broad SMARTS) is 2. The van der Waals surface area contributed by atoms with Gasteiger partial charge in [0.05, 0.1) is 5.69 Å². The van der Waals surface area contributed by atoms with E-state index in [1.807, 2.05) is 4.57 Å². The van der Waals surface area contributed by atoms with Crippen LogP contribution in [-0.4, -0.2) is 56.4 Å². The van der Waals surface area contributed by atoms with Gasteiger partial charge in [-0.3, -0.25) is 19.1 Å². The highest BCUT2D eigenvalue weighted by molar-refractivity contribution is 6.08. The van der Waals surface area contributed by atoms with E-state index in [0.717, 1.165) is 77.4 Å². The van der Waals surface area contributed by atoms with Crippen molar-refractivity contribution in [1.82, 2.24) is 9.47 Å². The van der Waals surface area contributed by atoms with Crippen LogP contribution in [0, 0.1) is 11.8 Å². The van der Waals surface area contributed by atoms with Crippen LogP contribution < -0.4 is 0 Å². The number of allylic oxidation sites excluding steroid dienone is 2. The summed E-state index contributed by atoms with van der Waals surface area (Å²) in [6.45, 7) is 3.21. The van der Waals surface area contributed by atoms with Crippen molar-refractivity contribution in [3.63, 3.8) is 0 Å². The zero-order valence-electron chi connectivity index (χ0n) is 24.1. The third-order valence-corrected chi connectivity index (χ3v) is 9.08. The normalized spacial score (nSPS) is 20.2. The molecule has 0 radical (unpaired) electrons. The van der Waals surface area contributed by atoms with E-state index in [1.165, 1.54) is 40.1 Å². The Bertz CT molecular complexity index is 1380. The Balaban J connectivity index is 0.000000390. The number of piperidine rings is 1. The molecule has 0 bridgehead atoms. The Morgan fingerprint density at radius 1 is 0.857 bits per heavy atom. The van der Waals surface area contributed by atoms with Crippen LogP contribution in [0.3, 0.4) is 0 Å². The topological polar surface area (TPSA) is 117 Å². The first-order chi connectivity index (χ1) is 20.3. The number of nitrogens with zero attached hydrogens (tertiary/aromatic N) is 2. The molecule has 3 heterocycles. The van der Waals surface area contributed by atoms with Gasteiger partial charge in [0.25, 0.3) is 0 Å². The molecule has 1 fully saturated rings. The zero-order valence-corrected chi connectivity index (χ0v) is 24.1. The van der Waals surface area contributed by atoms with E-state index in [9.17, 15) is 19.2 Å². The molecule has 1 aromatic carbocycles. The number of aliphatic carboxylic acids is 2. The van der Waals surface area contributed by atoms with Crippen LogP contribution in [-0.2, 0) is 40.2 Å². The lowest BCUT2D eigenvalue weighted by atomic mass is 9.83. The maximum absolute atomic E-state index is 13.6. The van der Waals surface area contributed by atoms with E-state index < -0.39 is 17.9 Å². The van der Waals surface area contributed by atoms with Gasteiger partial charge in [-0.25, -0.2) is 9.59 Å². The van der Waals surface area contributed by atoms with Crippen molar-refractivity contribution in [2.75, 3.05) is 13.1 Å². The van der Waals surface area contributed by atoms with Crippen molar-refractivity contribution in [1.29, 1.82) is 0 Å². The number of rotatable bonds is 8. The summed E-state index contributed by atoms with van der Waals surface area (Å²) in [5, 5.41) is 15.6. The number of carbonyl (C=O) groups is 4. The molecule has 0 saturated carbocycles. The molecule has 42 heavy (non-hydrogen) atoms. The lowest BCUT2D eigenvalue weighted by Crippen LogP contribution is -2.35. The summed E-state index contributed by atoms with van der Waals surface area (Å²) in [5.41, 5.74) is 7.92. The Morgan fingerprint density at radius 3 is 2.21 bits per heavy atom. The van der Waals surface area contributed by atoms with Gasteiger partial charge in [-0.15, -0.1) is 0 Å². The first-order valence-electron chi connectivity index (χ1n) is 15.3. The first kappa shape index (κ1) is 29.7. The highest BCUT2D eigenvalue weighted by Crippen LogP contribution is 2.43. The van der Waals surface area contributed by atoms with Crippen LogP contribution in [0.1, 0.15) is 84.2 Å². The number of fused-ring (bicyclic) bond motifs is 3. The zero-order chi connectivity index (χ0) is 29.6. The van der Waals surface area contributed by atoms with Gasteiger partial charge in [0.2, 0.25) is 5.91 Å². The molecule has 2 N–H and O–H groups in total. The van der Waals surface area contributed by atoms with Gasteiger partial charge in [0.1, 0.15) is 11.7 Å². The van der Waals surface area contributed by atoms with Crippen molar-refractivity contribution in [3.05, 3.63) is 76.6 Å². The van der Waals surface area contributed by atoms with Crippen LogP contribution >= 0.6 is 0 Å². The van der Waals surface area contributed by atoms with Crippen molar-refractivity contribution in [3.8, 4) is 0 Å². The van der Waals surface area contributed by atoms with Gasteiger partial charge < -0.3 is 10.2 Å². The van der Waals surface area contributed by atoms with Gasteiger partial charge in [-0.2, -0.15) is 0 Å². The van der Waals surface area contributed by atoms with Crippen molar-refractivity contribution in [2.24, 2.45) is 11.8 Å². The number of likely N-dealkylation sites (tertiary alicyclic amines) is 1. The average Bonchev–Trinajstić information content (AvgIpc) is 3.34. The lowest BCUT2D eigenvalue weighted by Gasteiger charge is -2.32. The SMILES string of the molecule is O=C(CCC1CCN(Cc2ccccc2)CC1)C1C=C2CCCc3c4c(n(c32)C1=O)CCCC4.O=C(O)/C=C/C(=O)O. The molecule has 0 spiro atoms. The van der Waals surface area contributed by atoms with Gasteiger partial charge in [0, 0.05) is 30.8 Å². The van der Waals surface area contributed by atoms with Gasteiger partial charge in [0.15, 0.2) is 0 Å². The summed E-state index contributed by atoms with van der Waals surface area (Å²) in [4.78, 5) is 48.6. The van der Waals surface area contributed by atoms with E-state index in [-0.39, 0.29) is 11.7 Å². The molecule has 1 atom stereocenters. The van der Waals surface area contributed by atoms with Crippen molar-refractivity contribution >= 4 is 29.2 Å². The Labute approximate surface area is 246 Å². The van der Waals surface area contributed by atoms with Gasteiger partial charge in [-0.1, -0.05) is 36.4 Å². The van der Waals surface area contributed by atoms with Gasteiger partial charge >= 0.3 is 11.9 Å². The Kier molecular flexibility index (Phi) is 9.52. The second-order valence-corrected chi connectivity index (χ2v) is 11.9. The second kappa shape index (κ2) is 13.5. The molecule has 2 aliphatic heterocycles. The molecule has 0 amide bonds. The molecule has 1 unspecified atom stereocenters. The fourth-order valence-corrected chi connectivity index (χ4v) is 7.02. The van der Waals surface area contributed by atoms with E-state index in [0.29, 0.717) is 24.5 Å². The number of aromatic nitrogens is 1. The number of carbonyl (C=O) groups excluding carboxylic acids is 2. The van der Waals surface area contributed by atoms with E-state index in [1.54, 1.807) is 0 Å². The second-order valence-electron chi connectivity index (χ2n) is 11.9. The summed E-state index contributed by atoms with van der Waals surface area (Å²) in [6.07, 6.45) is 14.7. The predicted octanol–water partition coefficient (Wildman–Crippen LogP) is 5.33. The third kappa shape index (κ3) is 6.81. The molecular formula is C34H40N2O6. The highest BCUT2D eigenvalue weighted by Gasteiger charge is 2.39. The number of ketones is 1. The molecule has 8 heteroatoms. The summed E-state index contributed by atoms with van der Waals surface area (Å²) >= 11 is 0. The number of Topliss-reactive ketones (excluding diaryl/α,β-unsaturated/α-hetero) is 1. The van der Waals surface area contributed by atoms with Crippen LogP contribution in [0.25, 0.3) is 5.57 Å². The number of hydrogen-bond donors (Lipinski definition) is 2. The number of carboxylic acids is 2. The van der Waals surface area contributed by atoms with Crippen LogP contribution in [0.15, 0.2) is 48.6 Å². The molecule has 2 aromatic rings. The summed E-state index contributed by atoms with van der Waals surface area (Å²) < 4.78 is 2.00. The minimum atomic E-state index is -1.26. The quantitative estimate of drug-likeness (QED) is 0.324. The van der Waals surface area contributed by atoms with Crippen molar-refractivity contribution in [2.45, 2.75) is 77.2 Å². The Hall–Kier alpha value is -3.78. The summed E-state index contributed by atoms with van der Waals surface area (Å²) in [6, 6.07) is 10.7. The first-order valence-corrected chi connectivity index (χ1v) is 15.3. The Morgan fingerprint density at radius 2 is 1.52 bits per heavy atom. The molecule has 8 nitrogen and oxygen atoms in total. The fraction of sp³-hybridized carbons (Fsp3) is 0.471. The van der Waals surface area contributed by atoms with E-state index in [4.69, 9.17) is 10.2 Å². The maximum atomic E-state index is 13.6. The largest absolute Gasteiger partial charge is 0.478 e. The van der Waals surface area contributed by atoms with Crippen molar-refractivity contribution < 1.29 is 29.4 Å². The van der Waals surface area contributed by atoms with E-state index >= 15 is 0 Å². The minimum Gasteiger partial charge on any atom is -0.478 e.